The molecule has 0 aliphatic heterocycles. The molecule has 0 bridgehead atoms. The molecule has 284 valence electrons. The second kappa shape index (κ2) is 14.4. The fraction of sp³-hybridized carbons (Fsp3) is 0.208. The van der Waals surface area contributed by atoms with Gasteiger partial charge in [-0.05, 0) is 113 Å². The van der Waals surface area contributed by atoms with Crippen molar-refractivity contribution in [3.8, 4) is 67.5 Å². The highest BCUT2D eigenvalue weighted by Crippen LogP contribution is 2.44. The Morgan fingerprint density at radius 2 is 1.28 bits per heavy atom. The largest absolute Gasteiger partial charge is 0.507 e. The highest BCUT2D eigenvalue weighted by Gasteiger charge is 2.27. The lowest BCUT2D eigenvalue weighted by Crippen LogP contribution is -2.12. The Balaban J connectivity index is 1.43. The van der Waals surface area contributed by atoms with Gasteiger partial charge in [0.25, 0.3) is 0 Å². The molecule has 0 unspecified atom stereocenters. The van der Waals surface area contributed by atoms with Crippen LogP contribution in [0.5, 0.6) is 5.75 Å². The van der Waals surface area contributed by atoms with E-state index in [4.69, 9.17) is 14.1 Å². The van der Waals surface area contributed by atoms with Crippen LogP contribution in [0.25, 0.3) is 72.7 Å². The van der Waals surface area contributed by atoms with E-state index in [2.05, 4.69) is 126 Å². The Labute approximate surface area is 341 Å². The Bertz CT molecular complexity index is 2890. The number of phenolic OH excluding ortho intramolecular Hbond substituents is 1. The molecule has 4 heteroatoms. The smallest absolute Gasteiger partial charge is 0.149 e. The van der Waals surface area contributed by atoms with Crippen LogP contribution in [0.2, 0.25) is 0 Å². The normalized spacial score (nSPS) is 13.0. The number of imidazole rings is 1. The van der Waals surface area contributed by atoms with Crippen LogP contribution in [-0.4, -0.2) is 19.6 Å². The summed E-state index contributed by atoms with van der Waals surface area (Å²) in [6.45, 7) is 14.8. The van der Waals surface area contributed by atoms with Gasteiger partial charge in [0.2, 0.25) is 0 Å². The van der Waals surface area contributed by atoms with Crippen LogP contribution in [0, 0.1) is 20.7 Å². The first-order valence-corrected chi connectivity index (χ1v) is 19.6. The summed E-state index contributed by atoms with van der Waals surface area (Å²) in [7, 11) is 0. The van der Waals surface area contributed by atoms with Gasteiger partial charge in [0.15, 0.2) is 0 Å². The van der Waals surface area contributed by atoms with E-state index in [1.807, 2.05) is 61.7 Å². The third-order valence-corrected chi connectivity index (χ3v) is 10.9. The second-order valence-electron chi connectivity index (χ2n) is 17.3. The fourth-order valence-electron chi connectivity index (χ4n) is 7.74. The minimum atomic E-state index is -2.31. The summed E-state index contributed by atoms with van der Waals surface area (Å²) < 4.78 is 27.1. The number of benzene rings is 6. The van der Waals surface area contributed by atoms with Crippen molar-refractivity contribution in [2.45, 2.75) is 73.1 Å². The minimum Gasteiger partial charge on any atom is -0.507 e. The van der Waals surface area contributed by atoms with Gasteiger partial charge in [-0.3, -0.25) is 9.55 Å². The Hall–Kier alpha value is -6.26. The predicted octanol–water partition coefficient (Wildman–Crippen LogP) is 14.0. The Kier molecular flexibility index (Phi) is 8.57. The van der Waals surface area contributed by atoms with Gasteiger partial charge >= 0.3 is 0 Å². The van der Waals surface area contributed by atoms with Crippen molar-refractivity contribution in [1.82, 2.24) is 14.5 Å². The molecule has 57 heavy (non-hydrogen) atoms. The van der Waals surface area contributed by atoms with Crippen LogP contribution < -0.4 is 0 Å². The van der Waals surface area contributed by atoms with Crippen molar-refractivity contribution in [1.29, 1.82) is 0 Å². The van der Waals surface area contributed by atoms with Gasteiger partial charge in [-0.25, -0.2) is 4.98 Å². The third kappa shape index (κ3) is 7.29. The summed E-state index contributed by atoms with van der Waals surface area (Å²) in [6.07, 6.45) is 1.88. The molecular formula is C53H51N3O. The van der Waals surface area contributed by atoms with Gasteiger partial charge in [-0.2, -0.15) is 0 Å². The molecule has 0 aliphatic carbocycles. The average molecular weight is 749 g/mol. The van der Waals surface area contributed by atoms with Crippen LogP contribution in [-0.2, 0) is 10.8 Å². The quantitative estimate of drug-likeness (QED) is 0.184. The van der Waals surface area contributed by atoms with Crippen molar-refractivity contribution in [2.24, 2.45) is 0 Å². The molecule has 0 fully saturated rings. The number of pyridine rings is 1. The highest BCUT2D eigenvalue weighted by atomic mass is 16.3. The molecule has 0 atom stereocenters. The van der Waals surface area contributed by atoms with E-state index >= 15 is 0 Å². The molecule has 0 aliphatic rings. The van der Waals surface area contributed by atoms with Crippen LogP contribution in [0.15, 0.2) is 140 Å². The summed E-state index contributed by atoms with van der Waals surface area (Å²) in [5.41, 5.74) is 14.5. The molecule has 8 aromatic rings. The van der Waals surface area contributed by atoms with E-state index in [1.54, 1.807) is 12.1 Å². The molecular weight excluding hydrogens is 695 g/mol. The van der Waals surface area contributed by atoms with Crippen LogP contribution in [0.3, 0.4) is 0 Å². The van der Waals surface area contributed by atoms with Crippen molar-refractivity contribution in [2.75, 3.05) is 0 Å². The first kappa shape index (κ1) is 34.0. The number of hydrogen-bond acceptors (Lipinski definition) is 3. The Morgan fingerprint density at radius 3 is 2.00 bits per heavy atom. The zero-order chi connectivity index (χ0) is 42.7. The molecule has 0 saturated carbocycles. The van der Waals surface area contributed by atoms with Gasteiger partial charge in [0, 0.05) is 32.6 Å². The molecule has 2 heterocycles. The summed E-state index contributed by atoms with van der Waals surface area (Å²) in [5.74, 6) is 0.728. The molecule has 8 rings (SSSR count). The number of aromatic nitrogens is 3. The molecule has 1 N–H and O–H groups in total. The first-order valence-electron chi connectivity index (χ1n) is 21.1. The standard InChI is InChI=1S/C53H51N3O/c1-33-18-21-36(22-19-33)38-24-25-54-46(32-38)40-29-39(30-41(31-40)52(4,5)6)42-16-13-17-48-49(42)55-51(44-27-35(3)28-45(50(44)57)53(7,8)9)56(48)47-23-20-34(2)26-43(47)37-14-11-10-12-15-37/h10-32,57H,1-9H3/i2D3. The SMILES string of the molecule is [2H]C([2H])([2H])c1ccc(-n2c(-c3cc(C)cc(C(C)(C)C)c3O)nc3c(-c4cc(-c5cc(-c6ccc(C)cc6)ccn5)cc(C(C)(C)C)c4)cccc32)c(-c2ccccc2)c1. The maximum Gasteiger partial charge on any atom is 0.149 e. The van der Waals surface area contributed by atoms with E-state index in [9.17, 15) is 5.11 Å². The molecule has 6 aromatic carbocycles. The van der Waals surface area contributed by atoms with Crippen LogP contribution >= 0.6 is 0 Å². The summed E-state index contributed by atoms with van der Waals surface area (Å²) >= 11 is 0. The summed E-state index contributed by atoms with van der Waals surface area (Å²) in [4.78, 5) is 10.4. The van der Waals surface area contributed by atoms with E-state index in [1.165, 1.54) is 5.56 Å². The zero-order valence-electron chi connectivity index (χ0n) is 37.1. The van der Waals surface area contributed by atoms with Gasteiger partial charge in [-0.15, -0.1) is 0 Å². The number of para-hydroxylation sites is 1. The van der Waals surface area contributed by atoms with Crippen molar-refractivity contribution >= 4 is 11.0 Å². The number of aryl methyl sites for hydroxylation is 3. The molecule has 2 aromatic heterocycles. The molecule has 4 nitrogen and oxygen atoms in total. The topological polar surface area (TPSA) is 50.9 Å². The van der Waals surface area contributed by atoms with Gasteiger partial charge < -0.3 is 5.11 Å². The van der Waals surface area contributed by atoms with Gasteiger partial charge in [0.05, 0.1) is 28.0 Å². The van der Waals surface area contributed by atoms with E-state index < -0.39 is 6.85 Å². The summed E-state index contributed by atoms with van der Waals surface area (Å²) in [5, 5.41) is 12.2. The first-order chi connectivity index (χ1) is 28.4. The fourth-order valence-corrected chi connectivity index (χ4v) is 7.74. The zero-order valence-corrected chi connectivity index (χ0v) is 34.1. The van der Waals surface area contributed by atoms with Crippen molar-refractivity contribution in [3.63, 3.8) is 0 Å². The van der Waals surface area contributed by atoms with Gasteiger partial charge in [0.1, 0.15) is 11.6 Å². The average Bonchev–Trinajstić information content (AvgIpc) is 3.60. The van der Waals surface area contributed by atoms with Crippen molar-refractivity contribution in [3.05, 3.63) is 167 Å². The number of nitrogens with zero attached hydrogens (tertiary/aromatic N) is 3. The van der Waals surface area contributed by atoms with Crippen LogP contribution in [0.1, 0.15) is 73.5 Å². The lowest BCUT2D eigenvalue weighted by Gasteiger charge is -2.23. The highest BCUT2D eigenvalue weighted by molar-refractivity contribution is 5.98. The number of aromatic hydroxyl groups is 1. The van der Waals surface area contributed by atoms with E-state index in [0.717, 1.165) is 78.0 Å². The maximum absolute atomic E-state index is 12.2. The Morgan fingerprint density at radius 1 is 0.561 bits per heavy atom. The van der Waals surface area contributed by atoms with E-state index in [0.29, 0.717) is 11.4 Å². The molecule has 0 saturated heterocycles. The molecule has 0 radical (unpaired) electrons. The van der Waals surface area contributed by atoms with Crippen LogP contribution in [0.4, 0.5) is 0 Å². The van der Waals surface area contributed by atoms with Crippen molar-refractivity contribution < 1.29 is 9.22 Å². The third-order valence-electron chi connectivity index (χ3n) is 10.9. The predicted molar refractivity (Wildman–Crippen MR) is 239 cm³/mol. The number of phenols is 1. The second-order valence-corrected chi connectivity index (χ2v) is 17.3. The summed E-state index contributed by atoms with van der Waals surface area (Å²) in [6, 6.07) is 44.9. The number of fused-ring (bicyclic) bond motifs is 1. The maximum atomic E-state index is 12.2. The van der Waals surface area contributed by atoms with Gasteiger partial charge in [-0.1, -0.05) is 138 Å². The number of rotatable bonds is 6. The lowest BCUT2D eigenvalue weighted by molar-refractivity contribution is 0.448. The molecule has 0 amide bonds. The molecule has 0 spiro atoms. The number of hydrogen-bond donors (Lipinski definition) is 1. The monoisotopic (exact) mass is 748 g/mol. The lowest BCUT2D eigenvalue weighted by atomic mass is 9.83. The minimum absolute atomic E-state index is 0.170. The van der Waals surface area contributed by atoms with E-state index in [-0.39, 0.29) is 22.1 Å².